The molecule has 0 aliphatic carbocycles. The van der Waals surface area contributed by atoms with E-state index in [1.807, 2.05) is 18.2 Å². The summed E-state index contributed by atoms with van der Waals surface area (Å²) < 4.78 is 14.3. The van der Waals surface area contributed by atoms with Crippen molar-refractivity contribution < 1.29 is 4.39 Å². The van der Waals surface area contributed by atoms with Gasteiger partial charge in [-0.25, -0.2) is 4.39 Å². The molecule has 0 spiro atoms. The van der Waals surface area contributed by atoms with Gasteiger partial charge in [-0.15, -0.1) is 0 Å². The molecular formula is C19H21FN6. The van der Waals surface area contributed by atoms with Crippen LogP contribution in [0.1, 0.15) is 12.0 Å². The highest BCUT2D eigenvalue weighted by Crippen LogP contribution is 2.27. The number of rotatable bonds is 5. The van der Waals surface area contributed by atoms with Crippen molar-refractivity contribution in [2.24, 2.45) is 0 Å². The second-order valence-corrected chi connectivity index (χ2v) is 6.67. The zero-order chi connectivity index (χ0) is 17.9. The quantitative estimate of drug-likeness (QED) is 0.736. The van der Waals surface area contributed by atoms with Gasteiger partial charge in [0, 0.05) is 31.5 Å². The molecular weight excluding hydrogens is 331 g/mol. The van der Waals surface area contributed by atoms with E-state index < -0.39 is 0 Å². The van der Waals surface area contributed by atoms with Crippen LogP contribution in [0.25, 0.3) is 11.0 Å². The van der Waals surface area contributed by atoms with E-state index in [0.29, 0.717) is 17.9 Å². The van der Waals surface area contributed by atoms with Crippen molar-refractivity contribution in [3.8, 4) is 0 Å². The third-order valence-corrected chi connectivity index (χ3v) is 4.66. The molecule has 0 unspecified atom stereocenters. The van der Waals surface area contributed by atoms with E-state index >= 15 is 0 Å². The fourth-order valence-corrected chi connectivity index (χ4v) is 3.29. The first-order chi connectivity index (χ1) is 12.7. The number of anilines is 2. The van der Waals surface area contributed by atoms with Crippen LogP contribution >= 0.6 is 0 Å². The molecule has 6 nitrogen and oxygen atoms in total. The van der Waals surface area contributed by atoms with Gasteiger partial charge >= 0.3 is 0 Å². The van der Waals surface area contributed by atoms with Crippen LogP contribution in [0.3, 0.4) is 0 Å². The zero-order valence-electron chi connectivity index (χ0n) is 14.6. The van der Waals surface area contributed by atoms with Gasteiger partial charge in [-0.1, -0.05) is 6.07 Å². The van der Waals surface area contributed by atoms with Gasteiger partial charge in [-0.3, -0.25) is 15.0 Å². The monoisotopic (exact) mass is 352 g/mol. The van der Waals surface area contributed by atoms with E-state index in [9.17, 15) is 4.39 Å². The highest BCUT2D eigenvalue weighted by Gasteiger charge is 2.21. The fourth-order valence-electron chi connectivity index (χ4n) is 3.29. The van der Waals surface area contributed by atoms with Crippen LogP contribution < -0.4 is 10.6 Å². The molecule has 4 rings (SSSR count). The van der Waals surface area contributed by atoms with Crippen molar-refractivity contribution in [2.75, 3.05) is 30.8 Å². The van der Waals surface area contributed by atoms with Crippen molar-refractivity contribution >= 4 is 22.4 Å². The van der Waals surface area contributed by atoms with Gasteiger partial charge in [0.15, 0.2) is 5.82 Å². The summed E-state index contributed by atoms with van der Waals surface area (Å²) in [6.45, 7) is 2.48. The Morgan fingerprint density at radius 2 is 2.04 bits per heavy atom. The number of nitrogens with one attached hydrogen (secondary N) is 2. The average Bonchev–Trinajstić information content (AvgIpc) is 3.07. The van der Waals surface area contributed by atoms with E-state index in [-0.39, 0.29) is 11.9 Å². The van der Waals surface area contributed by atoms with Gasteiger partial charge in [0.2, 0.25) is 0 Å². The number of hydrogen-bond acceptors (Lipinski definition) is 6. The zero-order valence-corrected chi connectivity index (χ0v) is 14.6. The van der Waals surface area contributed by atoms with Crippen molar-refractivity contribution in [3.63, 3.8) is 0 Å². The molecule has 1 aliphatic rings. The normalized spacial score (nSPS) is 17.5. The predicted octanol–water partition coefficient (Wildman–Crippen LogP) is 2.89. The van der Waals surface area contributed by atoms with Crippen molar-refractivity contribution in [3.05, 3.63) is 54.4 Å². The Kier molecular flexibility index (Phi) is 4.62. The standard InChI is InChI=1S/C19H21FN6/c1-26-7-4-14(12-26)25-19-15(20)10-21-11-18(19)24-9-13-2-3-16-17(8-13)23-6-5-22-16/h2-3,5-6,8,10-11,14,24H,4,7,9,12H2,1H3,(H,21,25)/t14-/m1/s1. The maximum Gasteiger partial charge on any atom is 0.166 e. The van der Waals surface area contributed by atoms with Crippen LogP contribution in [0.2, 0.25) is 0 Å². The molecule has 7 heteroatoms. The SMILES string of the molecule is CN1CC[C@@H](Nc2c(F)cncc2NCc2ccc3nccnc3c2)C1. The Balaban J connectivity index is 1.51. The predicted molar refractivity (Wildman–Crippen MR) is 101 cm³/mol. The van der Waals surface area contributed by atoms with Gasteiger partial charge in [0.1, 0.15) is 0 Å². The highest BCUT2D eigenvalue weighted by atomic mass is 19.1. The molecule has 0 bridgehead atoms. The van der Waals surface area contributed by atoms with Crippen LogP contribution in [0.5, 0.6) is 0 Å². The molecule has 1 aromatic carbocycles. The molecule has 134 valence electrons. The van der Waals surface area contributed by atoms with E-state index in [1.54, 1.807) is 18.6 Å². The minimum atomic E-state index is -0.339. The second kappa shape index (κ2) is 7.21. The highest BCUT2D eigenvalue weighted by molar-refractivity contribution is 5.74. The van der Waals surface area contributed by atoms with Gasteiger partial charge < -0.3 is 15.5 Å². The lowest BCUT2D eigenvalue weighted by atomic mass is 10.2. The maximum absolute atomic E-state index is 14.3. The largest absolute Gasteiger partial charge is 0.378 e. The van der Waals surface area contributed by atoms with Gasteiger partial charge in [-0.05, 0) is 37.7 Å². The number of fused-ring (bicyclic) bond motifs is 1. The van der Waals surface area contributed by atoms with E-state index in [0.717, 1.165) is 36.1 Å². The molecule has 0 radical (unpaired) electrons. The summed E-state index contributed by atoms with van der Waals surface area (Å²) in [5.41, 5.74) is 3.90. The van der Waals surface area contributed by atoms with Crippen molar-refractivity contribution in [1.29, 1.82) is 0 Å². The molecule has 1 aliphatic heterocycles. The Morgan fingerprint density at radius 1 is 1.19 bits per heavy atom. The third-order valence-electron chi connectivity index (χ3n) is 4.66. The Hall–Kier alpha value is -2.80. The van der Waals surface area contributed by atoms with E-state index in [2.05, 4.69) is 37.5 Å². The molecule has 1 atom stereocenters. The van der Waals surface area contributed by atoms with Crippen molar-refractivity contribution in [2.45, 2.75) is 19.0 Å². The van der Waals surface area contributed by atoms with E-state index in [4.69, 9.17) is 0 Å². The number of pyridine rings is 1. The summed E-state index contributed by atoms with van der Waals surface area (Å²) in [6, 6.07) is 6.17. The van der Waals surface area contributed by atoms with Crippen LogP contribution in [0.4, 0.5) is 15.8 Å². The Bertz CT molecular complexity index is 915. The maximum atomic E-state index is 14.3. The summed E-state index contributed by atoms with van der Waals surface area (Å²) in [4.78, 5) is 14.8. The lowest BCUT2D eigenvalue weighted by Gasteiger charge is -2.18. The number of hydrogen-bond donors (Lipinski definition) is 2. The van der Waals surface area contributed by atoms with Crippen LogP contribution in [0.15, 0.2) is 43.0 Å². The number of halogens is 1. The number of likely N-dealkylation sites (N-methyl/N-ethyl adjacent to an activating group) is 1. The Labute approximate surface area is 151 Å². The van der Waals surface area contributed by atoms with Crippen molar-refractivity contribution in [1.82, 2.24) is 19.9 Å². The first kappa shape index (κ1) is 16.7. The molecule has 0 amide bonds. The van der Waals surface area contributed by atoms with Gasteiger partial charge in [0.25, 0.3) is 0 Å². The Morgan fingerprint density at radius 3 is 2.85 bits per heavy atom. The molecule has 1 fully saturated rings. The summed E-state index contributed by atoms with van der Waals surface area (Å²) in [7, 11) is 2.08. The summed E-state index contributed by atoms with van der Waals surface area (Å²) in [5.74, 6) is -0.339. The summed E-state index contributed by atoms with van der Waals surface area (Å²) >= 11 is 0. The summed E-state index contributed by atoms with van der Waals surface area (Å²) in [6.07, 6.45) is 7.26. The first-order valence-electron chi connectivity index (χ1n) is 8.71. The number of likely N-dealkylation sites (tertiary alicyclic amines) is 1. The number of aromatic nitrogens is 3. The smallest absolute Gasteiger partial charge is 0.166 e. The average molecular weight is 352 g/mol. The number of benzene rings is 1. The molecule has 26 heavy (non-hydrogen) atoms. The van der Waals surface area contributed by atoms with Gasteiger partial charge in [-0.2, -0.15) is 0 Å². The molecule has 2 N–H and O–H groups in total. The van der Waals surface area contributed by atoms with Gasteiger partial charge in [0.05, 0.1) is 34.8 Å². The first-order valence-corrected chi connectivity index (χ1v) is 8.71. The minimum Gasteiger partial charge on any atom is -0.378 e. The third kappa shape index (κ3) is 3.57. The lowest BCUT2D eigenvalue weighted by Crippen LogP contribution is -2.24. The topological polar surface area (TPSA) is 66.0 Å². The van der Waals surface area contributed by atoms with Crippen LogP contribution in [0, 0.1) is 5.82 Å². The molecule has 3 heterocycles. The molecule has 3 aromatic rings. The fraction of sp³-hybridized carbons (Fsp3) is 0.316. The lowest BCUT2D eigenvalue weighted by molar-refractivity contribution is 0.414. The van der Waals surface area contributed by atoms with Crippen LogP contribution in [-0.2, 0) is 6.54 Å². The molecule has 0 saturated carbocycles. The second-order valence-electron chi connectivity index (χ2n) is 6.67. The van der Waals surface area contributed by atoms with E-state index in [1.165, 1.54) is 6.20 Å². The number of nitrogens with zero attached hydrogens (tertiary/aromatic N) is 4. The minimum absolute atomic E-state index is 0.244. The summed E-state index contributed by atoms with van der Waals surface area (Å²) in [5, 5.41) is 6.63. The molecule has 1 saturated heterocycles. The van der Waals surface area contributed by atoms with Crippen LogP contribution in [-0.4, -0.2) is 46.0 Å². The molecule has 2 aromatic heterocycles.